The Balaban J connectivity index is 1.70. The molecule has 0 saturated carbocycles. The lowest BCUT2D eigenvalue weighted by Gasteiger charge is -2.23. The average Bonchev–Trinajstić information content (AvgIpc) is 3.39. The molecule has 1 amide bonds. The SMILES string of the molecule is CCCS(=O)(=O)N1CCCC1C(=O)Nc1cccc(S(=O)(=O)NCc2ccco2)c1. The van der Waals surface area contributed by atoms with Crippen molar-refractivity contribution >= 4 is 31.6 Å². The number of carbonyl (C=O) groups excluding carboxylic acids is 1. The molecule has 1 aromatic carbocycles. The number of nitrogens with one attached hydrogen (secondary N) is 2. The first-order valence-corrected chi connectivity index (χ1v) is 12.7. The third-order valence-electron chi connectivity index (χ3n) is 4.75. The van der Waals surface area contributed by atoms with Gasteiger partial charge in [0.15, 0.2) is 0 Å². The van der Waals surface area contributed by atoms with Crippen LogP contribution in [0.4, 0.5) is 5.69 Å². The van der Waals surface area contributed by atoms with Crippen LogP contribution in [0.25, 0.3) is 0 Å². The van der Waals surface area contributed by atoms with E-state index in [1.807, 2.05) is 0 Å². The Morgan fingerprint density at radius 1 is 1.20 bits per heavy atom. The molecule has 11 heteroatoms. The molecule has 1 aliphatic rings. The third-order valence-corrected chi connectivity index (χ3v) is 8.23. The van der Waals surface area contributed by atoms with Gasteiger partial charge in [0.05, 0.1) is 23.5 Å². The Kier molecular flexibility index (Phi) is 6.96. The first-order chi connectivity index (χ1) is 14.2. The van der Waals surface area contributed by atoms with Crippen molar-refractivity contribution in [2.24, 2.45) is 0 Å². The van der Waals surface area contributed by atoms with E-state index in [1.165, 1.54) is 28.8 Å². The molecule has 0 bridgehead atoms. The summed E-state index contributed by atoms with van der Waals surface area (Å²) in [6, 6.07) is 8.33. The normalized spacial score (nSPS) is 17.8. The van der Waals surface area contributed by atoms with Gasteiger partial charge in [0.1, 0.15) is 11.8 Å². The molecular formula is C19H25N3O6S2. The fraction of sp³-hybridized carbons (Fsp3) is 0.421. The van der Waals surface area contributed by atoms with E-state index in [0.717, 1.165) is 0 Å². The Morgan fingerprint density at radius 3 is 2.70 bits per heavy atom. The Hall–Kier alpha value is -2.21. The molecule has 2 N–H and O–H groups in total. The molecule has 2 heterocycles. The molecule has 164 valence electrons. The van der Waals surface area contributed by atoms with Crippen LogP contribution in [0.1, 0.15) is 31.9 Å². The maximum atomic E-state index is 12.7. The van der Waals surface area contributed by atoms with Gasteiger partial charge in [-0.05, 0) is 49.6 Å². The highest BCUT2D eigenvalue weighted by atomic mass is 32.2. The number of anilines is 1. The number of nitrogens with zero attached hydrogens (tertiary/aromatic N) is 1. The van der Waals surface area contributed by atoms with Gasteiger partial charge in [-0.15, -0.1) is 0 Å². The Morgan fingerprint density at radius 2 is 2.00 bits per heavy atom. The average molecular weight is 456 g/mol. The molecule has 0 aliphatic carbocycles. The van der Waals surface area contributed by atoms with Crippen LogP contribution in [0.15, 0.2) is 52.0 Å². The van der Waals surface area contributed by atoms with Crippen LogP contribution in [-0.2, 0) is 31.4 Å². The first kappa shape index (κ1) is 22.5. The van der Waals surface area contributed by atoms with Gasteiger partial charge < -0.3 is 9.73 Å². The minimum Gasteiger partial charge on any atom is -0.468 e. The van der Waals surface area contributed by atoms with Crippen molar-refractivity contribution in [3.63, 3.8) is 0 Å². The molecule has 1 atom stereocenters. The monoisotopic (exact) mass is 455 g/mol. The molecule has 30 heavy (non-hydrogen) atoms. The zero-order chi connectivity index (χ0) is 21.8. The van der Waals surface area contributed by atoms with Crippen molar-refractivity contribution in [1.82, 2.24) is 9.03 Å². The molecule has 1 fully saturated rings. The number of rotatable bonds is 9. The number of hydrogen-bond acceptors (Lipinski definition) is 6. The molecule has 0 radical (unpaired) electrons. The van der Waals surface area contributed by atoms with Crippen molar-refractivity contribution in [3.8, 4) is 0 Å². The molecule has 0 spiro atoms. The second-order valence-electron chi connectivity index (χ2n) is 7.01. The van der Waals surface area contributed by atoms with Crippen LogP contribution in [0.5, 0.6) is 0 Å². The number of amides is 1. The van der Waals surface area contributed by atoms with Gasteiger partial charge in [0.25, 0.3) is 0 Å². The van der Waals surface area contributed by atoms with Crippen molar-refractivity contribution in [3.05, 3.63) is 48.4 Å². The van der Waals surface area contributed by atoms with E-state index < -0.39 is 32.0 Å². The second-order valence-corrected chi connectivity index (χ2v) is 10.8. The number of furan rings is 1. The smallest absolute Gasteiger partial charge is 0.242 e. The quantitative estimate of drug-likeness (QED) is 0.595. The van der Waals surface area contributed by atoms with E-state index in [4.69, 9.17) is 4.42 Å². The fourth-order valence-electron chi connectivity index (χ4n) is 3.34. The highest BCUT2D eigenvalue weighted by Crippen LogP contribution is 2.24. The van der Waals surface area contributed by atoms with Crippen molar-refractivity contribution < 1.29 is 26.0 Å². The molecule has 3 rings (SSSR count). The molecule has 1 aliphatic heterocycles. The molecule has 1 unspecified atom stereocenters. The van der Waals surface area contributed by atoms with Gasteiger partial charge in [-0.1, -0.05) is 13.0 Å². The van der Waals surface area contributed by atoms with E-state index in [1.54, 1.807) is 25.1 Å². The van der Waals surface area contributed by atoms with Crippen LogP contribution in [0.3, 0.4) is 0 Å². The van der Waals surface area contributed by atoms with Crippen LogP contribution >= 0.6 is 0 Å². The summed E-state index contributed by atoms with van der Waals surface area (Å²) in [6.07, 6.45) is 2.95. The van der Waals surface area contributed by atoms with Crippen LogP contribution in [-0.4, -0.2) is 45.4 Å². The summed E-state index contributed by atoms with van der Waals surface area (Å²) in [6.45, 7) is 2.08. The summed E-state index contributed by atoms with van der Waals surface area (Å²) >= 11 is 0. The predicted octanol–water partition coefficient (Wildman–Crippen LogP) is 1.90. The van der Waals surface area contributed by atoms with E-state index in [9.17, 15) is 21.6 Å². The van der Waals surface area contributed by atoms with Crippen molar-refractivity contribution in [1.29, 1.82) is 0 Å². The van der Waals surface area contributed by atoms with E-state index in [-0.39, 0.29) is 22.9 Å². The molecular weight excluding hydrogens is 430 g/mol. The van der Waals surface area contributed by atoms with Crippen LogP contribution in [0.2, 0.25) is 0 Å². The van der Waals surface area contributed by atoms with Gasteiger partial charge in [0.2, 0.25) is 26.0 Å². The second kappa shape index (κ2) is 9.29. The van der Waals surface area contributed by atoms with Crippen molar-refractivity contribution in [2.75, 3.05) is 17.6 Å². The van der Waals surface area contributed by atoms with Crippen LogP contribution in [0, 0.1) is 0 Å². The summed E-state index contributed by atoms with van der Waals surface area (Å²) < 4.78 is 58.7. The lowest BCUT2D eigenvalue weighted by Crippen LogP contribution is -2.44. The molecule has 1 aromatic heterocycles. The minimum absolute atomic E-state index is 0.00174. The van der Waals surface area contributed by atoms with Crippen molar-refractivity contribution in [2.45, 2.75) is 43.7 Å². The number of sulfonamides is 2. The fourth-order valence-corrected chi connectivity index (χ4v) is 6.12. The van der Waals surface area contributed by atoms with Gasteiger partial charge in [-0.2, -0.15) is 4.31 Å². The standard InChI is InChI=1S/C19H25N3O6S2/c1-2-12-29(24,25)22-10-4-9-18(22)19(23)21-15-6-3-8-17(13-15)30(26,27)20-14-16-7-5-11-28-16/h3,5-8,11,13,18,20H,2,4,9-10,12,14H2,1H3,(H,21,23). The summed E-state index contributed by atoms with van der Waals surface area (Å²) in [5.41, 5.74) is 0.278. The zero-order valence-corrected chi connectivity index (χ0v) is 18.2. The third kappa shape index (κ3) is 5.28. The molecule has 2 aromatic rings. The number of carbonyl (C=O) groups is 1. The Bertz CT molecular complexity index is 1080. The van der Waals surface area contributed by atoms with E-state index in [2.05, 4.69) is 10.0 Å². The summed E-state index contributed by atoms with van der Waals surface area (Å²) in [7, 11) is -7.32. The van der Waals surface area contributed by atoms with Crippen LogP contribution < -0.4 is 10.0 Å². The summed E-state index contributed by atoms with van der Waals surface area (Å²) in [4.78, 5) is 12.7. The lowest BCUT2D eigenvalue weighted by atomic mass is 10.2. The first-order valence-electron chi connectivity index (χ1n) is 9.65. The molecule has 9 nitrogen and oxygen atoms in total. The Labute approximate surface area is 176 Å². The van der Waals surface area contributed by atoms with Gasteiger partial charge in [0, 0.05) is 12.2 Å². The van der Waals surface area contributed by atoms with Gasteiger partial charge in [-0.3, -0.25) is 4.79 Å². The largest absolute Gasteiger partial charge is 0.468 e. The minimum atomic E-state index is -3.82. The lowest BCUT2D eigenvalue weighted by molar-refractivity contribution is -0.119. The van der Waals surface area contributed by atoms with Gasteiger partial charge >= 0.3 is 0 Å². The predicted molar refractivity (Wildman–Crippen MR) is 112 cm³/mol. The van der Waals surface area contributed by atoms with Gasteiger partial charge in [-0.25, -0.2) is 21.6 Å². The number of hydrogen-bond donors (Lipinski definition) is 2. The summed E-state index contributed by atoms with van der Waals surface area (Å²) in [5, 5.41) is 2.65. The zero-order valence-electron chi connectivity index (χ0n) is 16.6. The maximum absolute atomic E-state index is 12.7. The molecule has 1 saturated heterocycles. The topological polar surface area (TPSA) is 126 Å². The highest BCUT2D eigenvalue weighted by molar-refractivity contribution is 7.89. The van der Waals surface area contributed by atoms with E-state index in [0.29, 0.717) is 31.6 Å². The highest BCUT2D eigenvalue weighted by Gasteiger charge is 2.38. The number of benzene rings is 1. The summed E-state index contributed by atoms with van der Waals surface area (Å²) in [5.74, 6) is -0.00539. The maximum Gasteiger partial charge on any atom is 0.242 e. The van der Waals surface area contributed by atoms with E-state index >= 15 is 0 Å².